The summed E-state index contributed by atoms with van der Waals surface area (Å²) in [5.41, 5.74) is 4.29. The van der Waals surface area contributed by atoms with Gasteiger partial charge in [0.2, 0.25) is 0 Å². The Labute approximate surface area is 225 Å². The average Bonchev–Trinajstić information content (AvgIpc) is 3.38. The van der Waals surface area contributed by atoms with Crippen molar-refractivity contribution in [1.29, 1.82) is 5.26 Å². The number of halogens is 1. The van der Waals surface area contributed by atoms with Gasteiger partial charge in [-0.2, -0.15) is 10.4 Å². The van der Waals surface area contributed by atoms with Gasteiger partial charge < -0.3 is 0 Å². The van der Waals surface area contributed by atoms with E-state index in [1.807, 2.05) is 66.7 Å². The van der Waals surface area contributed by atoms with E-state index in [1.54, 1.807) is 42.9 Å². The molecule has 6 nitrogen and oxygen atoms in total. The molecule has 0 unspecified atom stereocenters. The van der Waals surface area contributed by atoms with Crippen LogP contribution in [0.2, 0.25) is 0 Å². The van der Waals surface area contributed by atoms with E-state index in [9.17, 15) is 19.2 Å². The van der Waals surface area contributed by atoms with Gasteiger partial charge in [0.25, 0.3) is 11.8 Å². The normalized spacial score (nSPS) is 14.7. The fourth-order valence-corrected chi connectivity index (χ4v) is 4.54. The minimum absolute atomic E-state index is 0.0766. The van der Waals surface area contributed by atoms with Gasteiger partial charge in [0, 0.05) is 29.4 Å². The van der Waals surface area contributed by atoms with Gasteiger partial charge in [-0.1, -0.05) is 60.7 Å². The minimum Gasteiger partial charge on any atom is -0.273 e. The molecule has 0 saturated carbocycles. The molecule has 0 N–H and O–H groups in total. The van der Waals surface area contributed by atoms with Crippen LogP contribution in [0.15, 0.2) is 102 Å². The van der Waals surface area contributed by atoms with Crippen LogP contribution in [-0.4, -0.2) is 33.0 Å². The van der Waals surface area contributed by atoms with Crippen molar-refractivity contribution < 1.29 is 14.0 Å². The first-order valence-corrected chi connectivity index (χ1v) is 12.5. The van der Waals surface area contributed by atoms with E-state index < -0.39 is 11.8 Å². The molecule has 0 atom stereocenters. The van der Waals surface area contributed by atoms with E-state index >= 15 is 0 Å². The van der Waals surface area contributed by atoms with Gasteiger partial charge in [-0.25, -0.2) is 9.07 Å². The highest BCUT2D eigenvalue weighted by molar-refractivity contribution is 6.19. The van der Waals surface area contributed by atoms with Crippen molar-refractivity contribution in [3.8, 4) is 23.0 Å². The van der Waals surface area contributed by atoms with Crippen LogP contribution in [0.4, 0.5) is 4.39 Å². The number of amides is 2. The molecule has 1 aliphatic rings. The summed E-state index contributed by atoms with van der Waals surface area (Å²) < 4.78 is 16.2. The van der Waals surface area contributed by atoms with E-state index in [-0.39, 0.29) is 23.5 Å². The molecule has 0 fully saturated rings. The molecule has 0 spiro atoms. The number of hydrogen-bond donors (Lipinski definition) is 0. The fraction of sp³-hybridized carbons (Fsp3) is 0.125. The third-order valence-electron chi connectivity index (χ3n) is 6.80. The molecule has 2 amide bonds. The maximum Gasteiger partial charge on any atom is 0.271 e. The Kier molecular flexibility index (Phi) is 7.02. The monoisotopic (exact) mass is 516 g/mol. The molecular weight excluding hydrogens is 491 g/mol. The highest BCUT2D eigenvalue weighted by atomic mass is 19.1. The molecule has 192 valence electrons. The van der Waals surface area contributed by atoms with Crippen LogP contribution in [0, 0.1) is 24.1 Å². The molecule has 3 aromatic carbocycles. The Bertz CT molecular complexity index is 1680. The number of carbonyl (C=O) groups is 2. The Hall–Kier alpha value is -5.09. The summed E-state index contributed by atoms with van der Waals surface area (Å²) in [5.74, 6) is -1.45. The molecular formula is C32H25FN4O2. The number of aromatic nitrogens is 2. The van der Waals surface area contributed by atoms with Crippen molar-refractivity contribution in [1.82, 2.24) is 14.7 Å². The van der Waals surface area contributed by atoms with Gasteiger partial charge in [-0.05, 0) is 61.2 Å². The summed E-state index contributed by atoms with van der Waals surface area (Å²) in [6, 6.07) is 25.8. The second-order valence-electron chi connectivity index (χ2n) is 9.34. The van der Waals surface area contributed by atoms with Crippen molar-refractivity contribution in [2.45, 2.75) is 20.3 Å². The first-order valence-electron chi connectivity index (χ1n) is 12.5. The number of hydrogen-bond acceptors (Lipinski definition) is 4. The number of imide groups is 1. The molecule has 39 heavy (non-hydrogen) atoms. The van der Waals surface area contributed by atoms with Crippen LogP contribution in [0.1, 0.15) is 23.6 Å². The first-order chi connectivity index (χ1) is 18.9. The Morgan fingerprint density at radius 3 is 2.31 bits per heavy atom. The van der Waals surface area contributed by atoms with Crippen LogP contribution < -0.4 is 0 Å². The van der Waals surface area contributed by atoms with Crippen LogP contribution in [0.25, 0.3) is 23.0 Å². The third-order valence-corrected chi connectivity index (χ3v) is 6.80. The maximum absolute atomic E-state index is 14.5. The number of benzene rings is 3. The molecule has 5 rings (SSSR count). The molecule has 0 bridgehead atoms. The summed E-state index contributed by atoms with van der Waals surface area (Å²) in [6.07, 6.45) is 3.85. The van der Waals surface area contributed by atoms with Crippen molar-refractivity contribution in [3.05, 3.63) is 124 Å². The van der Waals surface area contributed by atoms with Crippen LogP contribution in [0.3, 0.4) is 0 Å². The number of para-hydroxylation sites is 1. The average molecular weight is 517 g/mol. The summed E-state index contributed by atoms with van der Waals surface area (Å²) in [5, 5.41) is 14.5. The van der Waals surface area contributed by atoms with Gasteiger partial charge in [-0.15, -0.1) is 0 Å². The van der Waals surface area contributed by atoms with Crippen LogP contribution in [0.5, 0.6) is 0 Å². The zero-order chi connectivity index (χ0) is 27.5. The van der Waals surface area contributed by atoms with Crippen molar-refractivity contribution >= 4 is 17.9 Å². The topological polar surface area (TPSA) is 79.0 Å². The standard InChI is InChI=1S/C32H25FN4O2/c1-21-13-14-24(18-29(21)33)30-25(20-37(35-30)26-11-7-4-8-12-26)17-27-22(2)28(19-34)32(39)36(31(27)38)16-15-23-9-5-3-6-10-23/h3-14,17-18,20H,15-16H2,1-2H3/b27-17+. The Morgan fingerprint density at radius 2 is 1.64 bits per heavy atom. The number of aryl methyl sites for hydroxylation is 1. The lowest BCUT2D eigenvalue weighted by Crippen LogP contribution is -2.43. The number of carbonyl (C=O) groups excluding carboxylic acids is 2. The van der Waals surface area contributed by atoms with E-state index in [2.05, 4.69) is 0 Å². The van der Waals surface area contributed by atoms with Crippen molar-refractivity contribution in [2.24, 2.45) is 0 Å². The largest absolute Gasteiger partial charge is 0.273 e. The fourth-order valence-electron chi connectivity index (χ4n) is 4.54. The summed E-state index contributed by atoms with van der Waals surface area (Å²) in [6.45, 7) is 3.42. The van der Waals surface area contributed by atoms with Gasteiger partial charge in [0.1, 0.15) is 23.2 Å². The molecule has 0 radical (unpaired) electrons. The lowest BCUT2D eigenvalue weighted by atomic mass is 9.93. The van der Waals surface area contributed by atoms with Crippen molar-refractivity contribution in [2.75, 3.05) is 6.54 Å². The quantitative estimate of drug-likeness (QED) is 0.239. The zero-order valence-corrected chi connectivity index (χ0v) is 21.6. The molecule has 0 aliphatic carbocycles. The van der Waals surface area contributed by atoms with E-state index in [0.717, 1.165) is 16.2 Å². The molecule has 4 aromatic rings. The lowest BCUT2D eigenvalue weighted by molar-refractivity contribution is -0.140. The summed E-state index contributed by atoms with van der Waals surface area (Å²) >= 11 is 0. The van der Waals surface area contributed by atoms with Gasteiger partial charge in [-0.3, -0.25) is 14.5 Å². The predicted octanol–water partition coefficient (Wildman–Crippen LogP) is 5.82. The molecule has 7 heteroatoms. The smallest absolute Gasteiger partial charge is 0.271 e. The first kappa shape index (κ1) is 25.6. The van der Waals surface area contributed by atoms with Crippen LogP contribution >= 0.6 is 0 Å². The molecule has 1 aliphatic heterocycles. The lowest BCUT2D eigenvalue weighted by Gasteiger charge is -2.27. The Balaban J connectivity index is 1.62. The van der Waals surface area contributed by atoms with Crippen molar-refractivity contribution in [3.63, 3.8) is 0 Å². The SMILES string of the molecule is CC1=C(C#N)C(=O)N(CCc2ccccc2)C(=O)/C1=C/c1cn(-c2ccccc2)nc1-c1ccc(C)c(F)c1. The predicted molar refractivity (Wildman–Crippen MR) is 147 cm³/mol. The van der Waals surface area contributed by atoms with Gasteiger partial charge in [0.15, 0.2) is 0 Å². The Morgan fingerprint density at radius 1 is 0.949 bits per heavy atom. The molecule has 0 saturated heterocycles. The molecule has 1 aromatic heterocycles. The third kappa shape index (κ3) is 5.05. The summed E-state index contributed by atoms with van der Waals surface area (Å²) in [4.78, 5) is 27.9. The van der Waals surface area contributed by atoms with Crippen LogP contribution in [-0.2, 0) is 16.0 Å². The number of nitriles is 1. The minimum atomic E-state index is -0.603. The second kappa shape index (κ2) is 10.7. The number of nitrogens with zero attached hydrogens (tertiary/aromatic N) is 4. The van der Waals surface area contributed by atoms with E-state index in [0.29, 0.717) is 34.4 Å². The van der Waals surface area contributed by atoms with E-state index in [4.69, 9.17) is 5.10 Å². The molecule has 2 heterocycles. The highest BCUT2D eigenvalue weighted by Crippen LogP contribution is 2.32. The maximum atomic E-state index is 14.5. The van der Waals surface area contributed by atoms with Gasteiger partial charge in [0.05, 0.1) is 5.69 Å². The van der Waals surface area contributed by atoms with E-state index in [1.165, 1.54) is 6.07 Å². The number of rotatable bonds is 6. The van der Waals surface area contributed by atoms with Gasteiger partial charge >= 0.3 is 0 Å². The second-order valence-corrected chi connectivity index (χ2v) is 9.34. The highest BCUT2D eigenvalue weighted by Gasteiger charge is 2.35. The zero-order valence-electron chi connectivity index (χ0n) is 21.6. The summed E-state index contributed by atoms with van der Waals surface area (Å²) in [7, 11) is 0.